The van der Waals surface area contributed by atoms with Gasteiger partial charge < -0.3 is 0 Å². The van der Waals surface area contributed by atoms with Crippen LogP contribution in [0.2, 0.25) is 0 Å². The van der Waals surface area contributed by atoms with Crippen molar-refractivity contribution in [3.8, 4) is 0 Å². The standard InChI is InChI=1S/C16H23F/c1-2-3-11-16(17)12-9-15(10-13-16)14-7-5-4-6-8-14/h4-8,15H,2-3,9-13H2,1H3. The minimum atomic E-state index is -0.860. The summed E-state index contributed by atoms with van der Waals surface area (Å²) in [4.78, 5) is 0. The Kier molecular flexibility index (Phi) is 4.20. The van der Waals surface area contributed by atoms with Crippen LogP contribution >= 0.6 is 0 Å². The fourth-order valence-electron chi connectivity index (χ4n) is 2.94. The van der Waals surface area contributed by atoms with Crippen LogP contribution in [0, 0.1) is 0 Å². The number of rotatable bonds is 4. The molecule has 1 heteroatoms. The van der Waals surface area contributed by atoms with Gasteiger partial charge >= 0.3 is 0 Å². The third kappa shape index (κ3) is 3.31. The van der Waals surface area contributed by atoms with Crippen LogP contribution in [-0.4, -0.2) is 5.67 Å². The minimum absolute atomic E-state index is 0.585. The van der Waals surface area contributed by atoms with Gasteiger partial charge in [-0.15, -0.1) is 0 Å². The molecule has 1 aromatic rings. The van der Waals surface area contributed by atoms with Gasteiger partial charge in [0, 0.05) is 0 Å². The molecule has 1 aromatic carbocycles. The van der Waals surface area contributed by atoms with Gasteiger partial charge in [0.2, 0.25) is 0 Å². The second-order valence-electron chi connectivity index (χ2n) is 5.44. The van der Waals surface area contributed by atoms with E-state index in [2.05, 4.69) is 31.2 Å². The van der Waals surface area contributed by atoms with Crippen molar-refractivity contribution in [2.24, 2.45) is 0 Å². The van der Waals surface area contributed by atoms with Gasteiger partial charge in [-0.05, 0) is 43.6 Å². The Bertz CT molecular complexity index is 323. The molecule has 1 aliphatic carbocycles. The quantitative estimate of drug-likeness (QED) is 0.668. The lowest BCUT2D eigenvalue weighted by molar-refractivity contribution is 0.0856. The molecule has 2 rings (SSSR count). The molecule has 0 N–H and O–H groups in total. The summed E-state index contributed by atoms with van der Waals surface area (Å²) in [5, 5.41) is 0. The van der Waals surface area contributed by atoms with Gasteiger partial charge in [-0.1, -0.05) is 50.1 Å². The number of halogens is 1. The van der Waals surface area contributed by atoms with Crippen LogP contribution in [-0.2, 0) is 0 Å². The Balaban J connectivity index is 1.90. The molecule has 1 saturated carbocycles. The maximum absolute atomic E-state index is 14.4. The molecule has 0 saturated heterocycles. The first-order valence-electron chi connectivity index (χ1n) is 6.97. The van der Waals surface area contributed by atoms with E-state index in [1.807, 2.05) is 6.07 Å². The SMILES string of the molecule is CCCCC1(F)CCC(c2ccccc2)CC1. The summed E-state index contributed by atoms with van der Waals surface area (Å²) in [5.41, 5.74) is 0.534. The fraction of sp³-hybridized carbons (Fsp3) is 0.625. The highest BCUT2D eigenvalue weighted by atomic mass is 19.1. The number of unbranched alkanes of at least 4 members (excludes halogenated alkanes) is 1. The van der Waals surface area contributed by atoms with Crippen LogP contribution in [0.3, 0.4) is 0 Å². The second-order valence-corrected chi connectivity index (χ2v) is 5.44. The summed E-state index contributed by atoms with van der Waals surface area (Å²) >= 11 is 0. The highest BCUT2D eigenvalue weighted by Gasteiger charge is 2.34. The first-order chi connectivity index (χ1) is 8.23. The Morgan fingerprint density at radius 3 is 2.41 bits per heavy atom. The first kappa shape index (κ1) is 12.6. The monoisotopic (exact) mass is 234 g/mol. The van der Waals surface area contributed by atoms with E-state index >= 15 is 0 Å². The molecule has 0 spiro atoms. The van der Waals surface area contributed by atoms with E-state index in [0.717, 1.165) is 44.9 Å². The van der Waals surface area contributed by atoms with Crippen LogP contribution in [0.25, 0.3) is 0 Å². The van der Waals surface area contributed by atoms with Crippen LogP contribution in [0.4, 0.5) is 4.39 Å². The summed E-state index contributed by atoms with van der Waals surface area (Å²) in [6, 6.07) is 10.6. The predicted octanol–water partition coefficient (Wildman–Crippen LogP) is 5.24. The number of benzene rings is 1. The third-order valence-electron chi connectivity index (χ3n) is 4.13. The van der Waals surface area contributed by atoms with Gasteiger partial charge in [-0.25, -0.2) is 4.39 Å². The van der Waals surface area contributed by atoms with Crippen LogP contribution < -0.4 is 0 Å². The van der Waals surface area contributed by atoms with Crippen molar-refractivity contribution in [3.05, 3.63) is 35.9 Å². The zero-order chi connectivity index (χ0) is 12.1. The topological polar surface area (TPSA) is 0 Å². The highest BCUT2D eigenvalue weighted by Crippen LogP contribution is 2.42. The summed E-state index contributed by atoms with van der Waals surface area (Å²) in [5.74, 6) is 0.585. The van der Waals surface area contributed by atoms with Crippen LogP contribution in [0.5, 0.6) is 0 Å². The summed E-state index contributed by atoms with van der Waals surface area (Å²) in [6.07, 6.45) is 6.46. The average molecular weight is 234 g/mol. The van der Waals surface area contributed by atoms with E-state index < -0.39 is 5.67 Å². The molecular weight excluding hydrogens is 211 g/mol. The number of alkyl halides is 1. The lowest BCUT2D eigenvalue weighted by atomic mass is 9.75. The highest BCUT2D eigenvalue weighted by molar-refractivity contribution is 5.20. The van der Waals surface area contributed by atoms with Gasteiger partial charge in [0.1, 0.15) is 5.67 Å². The van der Waals surface area contributed by atoms with Crippen molar-refractivity contribution in [1.82, 2.24) is 0 Å². The van der Waals surface area contributed by atoms with Crippen LogP contribution in [0.15, 0.2) is 30.3 Å². The van der Waals surface area contributed by atoms with Crippen molar-refractivity contribution in [3.63, 3.8) is 0 Å². The van der Waals surface area contributed by atoms with Crippen molar-refractivity contribution < 1.29 is 4.39 Å². The zero-order valence-corrected chi connectivity index (χ0v) is 10.8. The van der Waals surface area contributed by atoms with E-state index in [1.165, 1.54) is 5.56 Å². The van der Waals surface area contributed by atoms with Gasteiger partial charge in [0.05, 0.1) is 0 Å². The normalized spacial score (nSPS) is 29.2. The van der Waals surface area contributed by atoms with Crippen molar-refractivity contribution in [2.75, 3.05) is 0 Å². The molecule has 1 aliphatic rings. The number of hydrogen-bond donors (Lipinski definition) is 0. The Hall–Kier alpha value is -0.850. The smallest absolute Gasteiger partial charge is 0.111 e. The van der Waals surface area contributed by atoms with Gasteiger partial charge in [-0.2, -0.15) is 0 Å². The lowest BCUT2D eigenvalue weighted by Crippen LogP contribution is -2.28. The summed E-state index contributed by atoms with van der Waals surface area (Å²) < 4.78 is 14.4. The molecule has 94 valence electrons. The Labute approximate surface area is 104 Å². The van der Waals surface area contributed by atoms with E-state index in [4.69, 9.17) is 0 Å². The Morgan fingerprint density at radius 2 is 1.82 bits per heavy atom. The molecule has 1 fully saturated rings. The number of hydrogen-bond acceptors (Lipinski definition) is 0. The molecule has 0 atom stereocenters. The Morgan fingerprint density at radius 1 is 1.18 bits per heavy atom. The van der Waals surface area contributed by atoms with Crippen LogP contribution in [0.1, 0.15) is 63.4 Å². The summed E-state index contributed by atoms with van der Waals surface area (Å²) in [7, 11) is 0. The molecule has 0 unspecified atom stereocenters. The average Bonchev–Trinajstić information content (AvgIpc) is 2.38. The maximum Gasteiger partial charge on any atom is 0.111 e. The molecule has 0 aromatic heterocycles. The van der Waals surface area contributed by atoms with Gasteiger partial charge in [0.15, 0.2) is 0 Å². The van der Waals surface area contributed by atoms with E-state index in [0.29, 0.717) is 5.92 Å². The maximum atomic E-state index is 14.4. The molecule has 0 bridgehead atoms. The van der Waals surface area contributed by atoms with E-state index in [-0.39, 0.29) is 0 Å². The lowest BCUT2D eigenvalue weighted by Gasteiger charge is -2.34. The first-order valence-corrected chi connectivity index (χ1v) is 6.97. The van der Waals surface area contributed by atoms with Gasteiger partial charge in [-0.3, -0.25) is 0 Å². The van der Waals surface area contributed by atoms with E-state index in [9.17, 15) is 4.39 Å². The third-order valence-corrected chi connectivity index (χ3v) is 4.13. The molecule has 0 heterocycles. The van der Waals surface area contributed by atoms with Gasteiger partial charge in [0.25, 0.3) is 0 Å². The minimum Gasteiger partial charge on any atom is -0.244 e. The zero-order valence-electron chi connectivity index (χ0n) is 10.8. The van der Waals surface area contributed by atoms with Crippen molar-refractivity contribution in [1.29, 1.82) is 0 Å². The molecular formula is C16H23F. The van der Waals surface area contributed by atoms with Crippen molar-refractivity contribution in [2.45, 2.75) is 63.5 Å². The fourth-order valence-corrected chi connectivity index (χ4v) is 2.94. The summed E-state index contributed by atoms with van der Waals surface area (Å²) in [6.45, 7) is 2.14. The molecule has 0 radical (unpaired) electrons. The molecule has 0 amide bonds. The molecule has 0 nitrogen and oxygen atoms in total. The molecule has 17 heavy (non-hydrogen) atoms. The largest absolute Gasteiger partial charge is 0.244 e. The van der Waals surface area contributed by atoms with E-state index in [1.54, 1.807) is 0 Å². The molecule has 0 aliphatic heterocycles. The predicted molar refractivity (Wildman–Crippen MR) is 71.0 cm³/mol. The van der Waals surface area contributed by atoms with Crippen molar-refractivity contribution >= 4 is 0 Å². The second kappa shape index (κ2) is 5.66.